The van der Waals surface area contributed by atoms with Crippen molar-refractivity contribution in [3.8, 4) is 5.75 Å². The SMILES string of the molecule is C=C(c1ccc(OC(C)(C)C)cc1)C(F)(F)F. The van der Waals surface area contributed by atoms with Crippen molar-refractivity contribution in [2.75, 3.05) is 0 Å². The zero-order valence-corrected chi connectivity index (χ0v) is 10.1. The normalized spacial score (nSPS) is 12.4. The van der Waals surface area contributed by atoms with Gasteiger partial charge in [0.15, 0.2) is 0 Å². The zero-order chi connectivity index (χ0) is 13.3. The standard InChI is InChI=1S/C13H15F3O/c1-9(13(14,15)16)10-5-7-11(8-6-10)17-12(2,3)4/h5-8H,1H2,2-4H3. The molecule has 4 heteroatoms. The molecule has 17 heavy (non-hydrogen) atoms. The van der Waals surface area contributed by atoms with Crippen LogP contribution in [0.25, 0.3) is 5.57 Å². The van der Waals surface area contributed by atoms with Gasteiger partial charge in [0.1, 0.15) is 11.4 Å². The molecule has 1 nitrogen and oxygen atoms in total. The largest absolute Gasteiger partial charge is 0.488 e. The Bertz CT molecular complexity index is 396. The number of alkyl halides is 3. The molecular formula is C13H15F3O. The fraction of sp³-hybridized carbons (Fsp3) is 0.385. The average Bonchev–Trinajstić information content (AvgIpc) is 2.14. The molecule has 0 heterocycles. The topological polar surface area (TPSA) is 9.23 Å². The van der Waals surface area contributed by atoms with Crippen molar-refractivity contribution in [1.82, 2.24) is 0 Å². The van der Waals surface area contributed by atoms with E-state index in [0.29, 0.717) is 5.75 Å². The van der Waals surface area contributed by atoms with Crippen LogP contribution >= 0.6 is 0 Å². The molecule has 1 rings (SSSR count). The minimum absolute atomic E-state index is 0.0544. The first-order valence-electron chi connectivity index (χ1n) is 5.15. The second-order valence-corrected chi connectivity index (χ2v) is 4.72. The third kappa shape index (κ3) is 4.13. The summed E-state index contributed by atoms with van der Waals surface area (Å²) in [6.45, 7) is 8.65. The molecule has 1 aromatic rings. The third-order valence-electron chi connectivity index (χ3n) is 1.97. The molecule has 1 aromatic carbocycles. The van der Waals surface area contributed by atoms with E-state index < -0.39 is 11.7 Å². The lowest BCUT2D eigenvalue weighted by Gasteiger charge is -2.21. The summed E-state index contributed by atoms with van der Waals surface area (Å²) >= 11 is 0. The summed E-state index contributed by atoms with van der Waals surface area (Å²) < 4.78 is 42.6. The smallest absolute Gasteiger partial charge is 0.416 e. The van der Waals surface area contributed by atoms with Gasteiger partial charge in [-0.2, -0.15) is 13.2 Å². The summed E-state index contributed by atoms with van der Waals surface area (Å²) in [6.07, 6.45) is -4.40. The Balaban J connectivity index is 2.86. The van der Waals surface area contributed by atoms with Gasteiger partial charge in [-0.25, -0.2) is 0 Å². The second kappa shape index (κ2) is 4.43. The van der Waals surface area contributed by atoms with E-state index in [1.165, 1.54) is 24.3 Å². The molecule has 0 aliphatic heterocycles. The van der Waals surface area contributed by atoms with Gasteiger partial charge in [-0.05, 0) is 38.5 Å². The Morgan fingerprint density at radius 1 is 1.06 bits per heavy atom. The Kier molecular flexibility index (Phi) is 3.55. The summed E-state index contributed by atoms with van der Waals surface area (Å²) in [5.74, 6) is 0.538. The van der Waals surface area contributed by atoms with Crippen LogP contribution in [-0.4, -0.2) is 11.8 Å². The maximum absolute atomic E-state index is 12.4. The highest BCUT2D eigenvalue weighted by atomic mass is 19.4. The van der Waals surface area contributed by atoms with E-state index >= 15 is 0 Å². The minimum Gasteiger partial charge on any atom is -0.488 e. The molecule has 0 radical (unpaired) electrons. The molecule has 0 amide bonds. The first-order chi connectivity index (χ1) is 7.59. The lowest BCUT2D eigenvalue weighted by atomic mass is 10.1. The Labute approximate surface area is 98.9 Å². The number of ether oxygens (including phenoxy) is 1. The average molecular weight is 244 g/mol. The quantitative estimate of drug-likeness (QED) is 0.747. The van der Waals surface area contributed by atoms with Crippen molar-refractivity contribution < 1.29 is 17.9 Å². The van der Waals surface area contributed by atoms with E-state index in [-0.39, 0.29) is 11.2 Å². The summed E-state index contributed by atoms with van der Waals surface area (Å²) in [5, 5.41) is 0. The Hall–Kier alpha value is -1.45. The van der Waals surface area contributed by atoms with Crippen molar-refractivity contribution in [2.24, 2.45) is 0 Å². The molecule has 0 spiro atoms. The van der Waals surface area contributed by atoms with E-state index in [0.717, 1.165) is 0 Å². The van der Waals surface area contributed by atoms with E-state index in [1.807, 2.05) is 20.8 Å². The number of halogens is 3. The molecule has 0 bridgehead atoms. The van der Waals surface area contributed by atoms with Crippen molar-refractivity contribution >= 4 is 5.57 Å². The maximum Gasteiger partial charge on any atom is 0.416 e. The summed E-state index contributed by atoms with van der Waals surface area (Å²) in [4.78, 5) is 0. The highest BCUT2D eigenvalue weighted by molar-refractivity contribution is 5.67. The van der Waals surface area contributed by atoms with Crippen molar-refractivity contribution in [2.45, 2.75) is 32.5 Å². The van der Waals surface area contributed by atoms with Crippen LogP contribution in [0.4, 0.5) is 13.2 Å². The van der Waals surface area contributed by atoms with Gasteiger partial charge >= 0.3 is 6.18 Å². The monoisotopic (exact) mass is 244 g/mol. The lowest BCUT2D eigenvalue weighted by molar-refractivity contribution is -0.0686. The molecule has 94 valence electrons. The van der Waals surface area contributed by atoms with Crippen molar-refractivity contribution in [3.63, 3.8) is 0 Å². The van der Waals surface area contributed by atoms with Gasteiger partial charge in [0.05, 0.1) is 5.57 Å². The number of allylic oxidation sites excluding steroid dienone is 1. The van der Waals surface area contributed by atoms with Crippen LogP contribution in [-0.2, 0) is 0 Å². The highest BCUT2D eigenvalue weighted by Gasteiger charge is 2.32. The van der Waals surface area contributed by atoms with Crippen LogP contribution < -0.4 is 4.74 Å². The minimum atomic E-state index is -4.40. The fourth-order valence-electron chi connectivity index (χ4n) is 1.24. The number of hydrogen-bond donors (Lipinski definition) is 0. The Morgan fingerprint density at radius 2 is 1.53 bits per heavy atom. The van der Waals surface area contributed by atoms with Gasteiger partial charge in [-0.1, -0.05) is 18.7 Å². The fourth-order valence-corrected chi connectivity index (χ4v) is 1.24. The molecule has 0 saturated carbocycles. The van der Waals surface area contributed by atoms with Gasteiger partial charge in [0.25, 0.3) is 0 Å². The molecule has 0 saturated heterocycles. The van der Waals surface area contributed by atoms with Crippen LogP contribution in [0.3, 0.4) is 0 Å². The van der Waals surface area contributed by atoms with E-state index in [1.54, 1.807) is 0 Å². The third-order valence-corrected chi connectivity index (χ3v) is 1.97. The summed E-state index contributed by atoms with van der Waals surface area (Å²) in [6, 6.07) is 5.74. The molecule has 0 aliphatic carbocycles. The lowest BCUT2D eigenvalue weighted by Crippen LogP contribution is -2.22. The van der Waals surface area contributed by atoms with Crippen LogP contribution in [0.5, 0.6) is 5.75 Å². The zero-order valence-electron chi connectivity index (χ0n) is 10.1. The second-order valence-electron chi connectivity index (χ2n) is 4.72. The van der Waals surface area contributed by atoms with Gasteiger partial charge < -0.3 is 4.74 Å². The van der Waals surface area contributed by atoms with E-state index in [9.17, 15) is 13.2 Å². The van der Waals surface area contributed by atoms with Crippen molar-refractivity contribution in [1.29, 1.82) is 0 Å². The predicted molar refractivity (Wildman–Crippen MR) is 61.9 cm³/mol. The summed E-state index contributed by atoms with van der Waals surface area (Å²) in [5.41, 5.74) is -1.17. The first-order valence-corrected chi connectivity index (χ1v) is 5.15. The van der Waals surface area contributed by atoms with Crippen LogP contribution in [0.2, 0.25) is 0 Å². The van der Waals surface area contributed by atoms with Crippen LogP contribution in [0.15, 0.2) is 30.8 Å². The van der Waals surface area contributed by atoms with Gasteiger partial charge in [0, 0.05) is 0 Å². The molecule has 0 fully saturated rings. The van der Waals surface area contributed by atoms with Crippen LogP contribution in [0, 0.1) is 0 Å². The molecule has 0 aliphatic rings. The van der Waals surface area contributed by atoms with Gasteiger partial charge in [0.2, 0.25) is 0 Å². The molecule has 0 unspecified atom stereocenters. The molecule has 0 N–H and O–H groups in total. The van der Waals surface area contributed by atoms with Crippen molar-refractivity contribution in [3.05, 3.63) is 36.4 Å². The molecule has 0 atom stereocenters. The first kappa shape index (κ1) is 13.6. The summed E-state index contributed by atoms with van der Waals surface area (Å²) in [7, 11) is 0. The van der Waals surface area contributed by atoms with Gasteiger partial charge in [-0.3, -0.25) is 0 Å². The number of hydrogen-bond acceptors (Lipinski definition) is 1. The predicted octanol–water partition coefficient (Wildman–Crippen LogP) is 4.44. The molecular weight excluding hydrogens is 229 g/mol. The highest BCUT2D eigenvalue weighted by Crippen LogP contribution is 2.33. The van der Waals surface area contributed by atoms with E-state index in [2.05, 4.69) is 6.58 Å². The maximum atomic E-state index is 12.4. The number of rotatable bonds is 2. The van der Waals surface area contributed by atoms with Gasteiger partial charge in [-0.15, -0.1) is 0 Å². The Morgan fingerprint density at radius 3 is 1.88 bits per heavy atom. The number of benzene rings is 1. The van der Waals surface area contributed by atoms with Crippen LogP contribution in [0.1, 0.15) is 26.3 Å². The van der Waals surface area contributed by atoms with E-state index in [4.69, 9.17) is 4.74 Å². The molecule has 0 aromatic heterocycles.